The molecule has 3 rings (SSSR count). The van der Waals surface area contributed by atoms with Crippen molar-refractivity contribution in [2.45, 2.75) is 32.4 Å². The maximum absolute atomic E-state index is 13.4. The third-order valence-corrected chi connectivity index (χ3v) is 5.09. The summed E-state index contributed by atoms with van der Waals surface area (Å²) in [5, 5.41) is 0. The SMILES string of the molecule is COC(=O)C(CC(C)C)c1cc(-c2ccc(F)cc2)nc(-c2ccc(C(F)(F)F)cc2)c1. The molecule has 0 spiro atoms. The summed E-state index contributed by atoms with van der Waals surface area (Å²) in [6.07, 6.45) is -3.92. The topological polar surface area (TPSA) is 39.2 Å². The third kappa shape index (κ3) is 5.52. The van der Waals surface area contributed by atoms with Crippen molar-refractivity contribution in [2.24, 2.45) is 5.92 Å². The Morgan fingerprint density at radius 2 is 1.44 bits per heavy atom. The summed E-state index contributed by atoms with van der Waals surface area (Å²) in [6, 6.07) is 13.8. The number of carbonyl (C=O) groups is 1. The number of halogens is 4. The normalized spacial score (nSPS) is 12.6. The van der Waals surface area contributed by atoms with Crippen LogP contribution < -0.4 is 0 Å². The molecule has 0 fully saturated rings. The van der Waals surface area contributed by atoms with Crippen molar-refractivity contribution in [2.75, 3.05) is 7.11 Å². The second-order valence-corrected chi connectivity index (χ2v) is 7.96. The van der Waals surface area contributed by atoms with E-state index in [1.807, 2.05) is 13.8 Å². The van der Waals surface area contributed by atoms with E-state index in [4.69, 9.17) is 4.74 Å². The minimum atomic E-state index is -4.44. The van der Waals surface area contributed by atoms with Crippen LogP contribution >= 0.6 is 0 Å². The van der Waals surface area contributed by atoms with Gasteiger partial charge in [0.2, 0.25) is 0 Å². The van der Waals surface area contributed by atoms with Gasteiger partial charge in [0.05, 0.1) is 30.0 Å². The number of hydrogen-bond acceptors (Lipinski definition) is 3. The van der Waals surface area contributed by atoms with Crippen LogP contribution in [0.15, 0.2) is 60.7 Å². The number of rotatable bonds is 6. The predicted molar refractivity (Wildman–Crippen MR) is 114 cm³/mol. The maximum atomic E-state index is 13.4. The number of alkyl halides is 3. The number of esters is 1. The molecule has 1 heterocycles. The van der Waals surface area contributed by atoms with Crippen molar-refractivity contribution in [1.29, 1.82) is 0 Å². The van der Waals surface area contributed by atoms with Gasteiger partial charge >= 0.3 is 12.1 Å². The fraction of sp³-hybridized carbons (Fsp3) is 0.280. The van der Waals surface area contributed by atoms with Crippen LogP contribution in [-0.4, -0.2) is 18.1 Å². The molecule has 0 radical (unpaired) electrons. The molecule has 7 heteroatoms. The van der Waals surface area contributed by atoms with Crippen molar-refractivity contribution in [3.8, 4) is 22.5 Å². The Morgan fingerprint density at radius 3 is 1.88 bits per heavy atom. The Labute approximate surface area is 184 Å². The van der Waals surface area contributed by atoms with E-state index in [2.05, 4.69) is 4.98 Å². The Hall–Kier alpha value is -3.22. The molecule has 168 valence electrons. The lowest BCUT2D eigenvalue weighted by atomic mass is 9.89. The minimum Gasteiger partial charge on any atom is -0.469 e. The number of carbonyl (C=O) groups excluding carboxylic acids is 1. The van der Waals surface area contributed by atoms with Crippen molar-refractivity contribution in [1.82, 2.24) is 4.98 Å². The van der Waals surface area contributed by atoms with E-state index in [0.717, 1.165) is 12.1 Å². The van der Waals surface area contributed by atoms with Crippen LogP contribution in [0.3, 0.4) is 0 Å². The van der Waals surface area contributed by atoms with Gasteiger partial charge in [-0.3, -0.25) is 4.79 Å². The van der Waals surface area contributed by atoms with E-state index >= 15 is 0 Å². The third-order valence-electron chi connectivity index (χ3n) is 5.09. The number of nitrogens with zero attached hydrogens (tertiary/aromatic N) is 1. The highest BCUT2D eigenvalue weighted by Gasteiger charge is 2.30. The average Bonchev–Trinajstić information content (AvgIpc) is 2.76. The van der Waals surface area contributed by atoms with Crippen LogP contribution in [0.1, 0.15) is 37.3 Å². The first-order chi connectivity index (χ1) is 15.1. The molecule has 0 aliphatic carbocycles. The second-order valence-electron chi connectivity index (χ2n) is 7.96. The van der Waals surface area contributed by atoms with E-state index < -0.39 is 29.4 Å². The first kappa shape index (κ1) is 23.4. The highest BCUT2D eigenvalue weighted by Crippen LogP contribution is 2.34. The van der Waals surface area contributed by atoms with E-state index in [1.54, 1.807) is 24.3 Å². The summed E-state index contributed by atoms with van der Waals surface area (Å²) in [7, 11) is 1.31. The van der Waals surface area contributed by atoms with E-state index in [9.17, 15) is 22.4 Å². The summed E-state index contributed by atoms with van der Waals surface area (Å²) in [6.45, 7) is 3.96. The van der Waals surface area contributed by atoms with E-state index in [0.29, 0.717) is 34.5 Å². The molecule has 0 amide bonds. The molecule has 0 aliphatic heterocycles. The first-order valence-corrected chi connectivity index (χ1v) is 10.1. The molecule has 32 heavy (non-hydrogen) atoms. The van der Waals surface area contributed by atoms with Gasteiger partial charge < -0.3 is 4.74 Å². The number of methoxy groups -OCH3 is 1. The molecule has 1 aromatic heterocycles. The van der Waals surface area contributed by atoms with Crippen molar-refractivity contribution < 1.29 is 27.1 Å². The highest BCUT2D eigenvalue weighted by molar-refractivity contribution is 5.80. The number of ether oxygens (including phenoxy) is 1. The molecule has 0 N–H and O–H groups in total. The quantitative estimate of drug-likeness (QED) is 0.307. The lowest BCUT2D eigenvalue weighted by Gasteiger charge is -2.19. The molecule has 2 aromatic carbocycles. The van der Waals surface area contributed by atoms with Crippen molar-refractivity contribution >= 4 is 5.97 Å². The first-order valence-electron chi connectivity index (χ1n) is 10.1. The van der Waals surface area contributed by atoms with Crippen LogP contribution in [0.5, 0.6) is 0 Å². The largest absolute Gasteiger partial charge is 0.469 e. The van der Waals surface area contributed by atoms with E-state index in [-0.39, 0.29) is 5.92 Å². The van der Waals surface area contributed by atoms with Gasteiger partial charge in [0, 0.05) is 11.1 Å². The Kier molecular flexibility index (Phi) is 6.96. The maximum Gasteiger partial charge on any atom is 0.416 e. The second kappa shape index (κ2) is 9.51. The van der Waals surface area contributed by atoms with E-state index in [1.165, 1.54) is 31.4 Å². The Bertz CT molecular complexity index is 1070. The summed E-state index contributed by atoms with van der Waals surface area (Å²) in [4.78, 5) is 17.1. The Morgan fingerprint density at radius 1 is 0.938 bits per heavy atom. The lowest BCUT2D eigenvalue weighted by molar-refractivity contribution is -0.143. The number of benzene rings is 2. The molecule has 3 aromatic rings. The summed E-state index contributed by atoms with van der Waals surface area (Å²) in [5.74, 6) is -1.19. The van der Waals surface area contributed by atoms with Crippen molar-refractivity contribution in [3.05, 3.63) is 77.6 Å². The van der Waals surface area contributed by atoms with Crippen LogP contribution in [0.25, 0.3) is 22.5 Å². The van der Waals surface area contributed by atoms with Gasteiger partial charge in [-0.2, -0.15) is 13.2 Å². The van der Waals surface area contributed by atoms with Gasteiger partial charge in [-0.05, 0) is 66.4 Å². The minimum absolute atomic E-state index is 0.191. The fourth-order valence-corrected chi connectivity index (χ4v) is 3.48. The molecule has 1 unspecified atom stereocenters. The molecule has 0 saturated carbocycles. The molecule has 1 atom stereocenters. The smallest absolute Gasteiger partial charge is 0.416 e. The van der Waals surface area contributed by atoms with Gasteiger partial charge in [0.25, 0.3) is 0 Å². The molecule has 0 aliphatic rings. The lowest BCUT2D eigenvalue weighted by Crippen LogP contribution is -2.17. The summed E-state index contributed by atoms with van der Waals surface area (Å²) in [5.41, 5.74) is 1.85. The molecular formula is C25H23F4NO2. The number of hydrogen-bond donors (Lipinski definition) is 0. The Balaban J connectivity index is 2.15. The molecule has 0 bridgehead atoms. The van der Waals surface area contributed by atoms with Crippen LogP contribution in [0.4, 0.5) is 17.6 Å². The van der Waals surface area contributed by atoms with Gasteiger partial charge in [-0.1, -0.05) is 26.0 Å². The number of pyridine rings is 1. The fourth-order valence-electron chi connectivity index (χ4n) is 3.48. The zero-order valence-corrected chi connectivity index (χ0v) is 17.9. The highest BCUT2D eigenvalue weighted by atomic mass is 19.4. The molecule has 3 nitrogen and oxygen atoms in total. The van der Waals surface area contributed by atoms with Crippen LogP contribution in [0.2, 0.25) is 0 Å². The van der Waals surface area contributed by atoms with Gasteiger partial charge in [-0.25, -0.2) is 9.37 Å². The summed E-state index contributed by atoms with van der Waals surface area (Å²) >= 11 is 0. The predicted octanol–water partition coefficient (Wildman–Crippen LogP) is 6.88. The average molecular weight is 445 g/mol. The molecule has 0 saturated heterocycles. The molecular weight excluding hydrogens is 422 g/mol. The zero-order chi connectivity index (χ0) is 23.5. The van der Waals surface area contributed by atoms with Gasteiger partial charge in [0.15, 0.2) is 0 Å². The monoisotopic (exact) mass is 445 g/mol. The van der Waals surface area contributed by atoms with Crippen LogP contribution in [0, 0.1) is 11.7 Å². The van der Waals surface area contributed by atoms with Crippen LogP contribution in [-0.2, 0) is 15.7 Å². The van der Waals surface area contributed by atoms with Gasteiger partial charge in [0.1, 0.15) is 5.82 Å². The van der Waals surface area contributed by atoms with Crippen molar-refractivity contribution in [3.63, 3.8) is 0 Å². The standard InChI is InChI=1S/C25H23F4NO2/c1-15(2)12-21(24(31)32-3)18-13-22(16-4-8-19(9-5-16)25(27,28)29)30-23(14-18)17-6-10-20(26)11-7-17/h4-11,13-15,21H,12H2,1-3H3. The zero-order valence-electron chi connectivity index (χ0n) is 17.9. The summed E-state index contributed by atoms with van der Waals surface area (Å²) < 4.78 is 57.3. The van der Waals surface area contributed by atoms with Gasteiger partial charge in [-0.15, -0.1) is 0 Å². The number of aromatic nitrogens is 1.